The second-order valence-corrected chi connectivity index (χ2v) is 7.53. The first-order valence-electron chi connectivity index (χ1n) is 10.1. The van der Waals surface area contributed by atoms with Gasteiger partial charge in [0.25, 0.3) is 0 Å². The number of ether oxygens (including phenoxy) is 1. The molecule has 0 spiro atoms. The predicted octanol–water partition coefficient (Wildman–Crippen LogP) is 4.15. The van der Waals surface area contributed by atoms with Crippen molar-refractivity contribution in [1.29, 1.82) is 0 Å². The number of amides is 2. The molecule has 0 aromatic heterocycles. The van der Waals surface area contributed by atoms with Gasteiger partial charge in [0.15, 0.2) is 0 Å². The highest BCUT2D eigenvalue weighted by Gasteiger charge is 2.25. The largest absolute Gasteiger partial charge is 0.497 e. The van der Waals surface area contributed by atoms with Crippen molar-refractivity contribution in [3.05, 3.63) is 35.9 Å². The number of carbonyl (C=O) groups excluding carboxylic acids is 2. The molecular formula is C22H30N2O3. The molecule has 1 aliphatic heterocycles. The predicted molar refractivity (Wildman–Crippen MR) is 107 cm³/mol. The molecular weight excluding hydrogens is 340 g/mol. The van der Waals surface area contributed by atoms with Crippen LogP contribution in [0, 0.1) is 5.92 Å². The Morgan fingerprint density at radius 2 is 2.04 bits per heavy atom. The van der Waals surface area contributed by atoms with Crippen molar-refractivity contribution in [3.8, 4) is 5.75 Å². The highest BCUT2D eigenvalue weighted by molar-refractivity contribution is 5.93. The van der Waals surface area contributed by atoms with E-state index >= 15 is 0 Å². The molecule has 2 amide bonds. The van der Waals surface area contributed by atoms with Crippen LogP contribution in [-0.2, 0) is 9.59 Å². The van der Waals surface area contributed by atoms with Crippen LogP contribution >= 0.6 is 0 Å². The molecule has 27 heavy (non-hydrogen) atoms. The summed E-state index contributed by atoms with van der Waals surface area (Å²) in [4.78, 5) is 26.8. The fourth-order valence-corrected chi connectivity index (χ4v) is 3.92. The summed E-state index contributed by atoms with van der Waals surface area (Å²) in [5.74, 6) is 1.53. The maximum Gasteiger partial charge on any atom is 0.249 e. The van der Waals surface area contributed by atoms with Gasteiger partial charge < -0.3 is 15.0 Å². The molecule has 146 valence electrons. The Morgan fingerprint density at radius 1 is 1.22 bits per heavy atom. The molecule has 1 saturated heterocycles. The van der Waals surface area contributed by atoms with Gasteiger partial charge in [-0.3, -0.25) is 9.59 Å². The van der Waals surface area contributed by atoms with Crippen LogP contribution < -0.4 is 10.1 Å². The van der Waals surface area contributed by atoms with E-state index in [1.54, 1.807) is 7.11 Å². The van der Waals surface area contributed by atoms with E-state index in [0.717, 1.165) is 68.6 Å². The second-order valence-electron chi connectivity index (χ2n) is 7.53. The molecule has 0 radical (unpaired) electrons. The Labute approximate surface area is 161 Å². The lowest BCUT2D eigenvalue weighted by Crippen LogP contribution is -2.39. The fourth-order valence-electron chi connectivity index (χ4n) is 3.92. The number of allylic oxidation sites excluding steroid dienone is 1. The number of rotatable bonds is 6. The highest BCUT2D eigenvalue weighted by atomic mass is 16.5. The molecule has 0 unspecified atom stereocenters. The average molecular weight is 370 g/mol. The normalized spacial score (nSPS) is 18.0. The number of anilines is 1. The summed E-state index contributed by atoms with van der Waals surface area (Å²) in [6.07, 6.45) is 9.82. The summed E-state index contributed by atoms with van der Waals surface area (Å²) >= 11 is 0. The molecule has 5 nitrogen and oxygen atoms in total. The Kier molecular flexibility index (Phi) is 6.91. The second kappa shape index (κ2) is 9.58. The summed E-state index contributed by atoms with van der Waals surface area (Å²) in [6, 6.07) is 7.41. The van der Waals surface area contributed by atoms with Crippen molar-refractivity contribution in [2.24, 2.45) is 5.92 Å². The standard InChI is InChI=1S/C22H30N2O3/c1-27-20-9-5-8-19(16-20)23-21(25)11-10-17-12-14-24(15-13-17)22(26)18-6-3-2-4-7-18/h5-6,8-9,16-17H,2-4,7,10-15H2,1H3,(H,23,25). The fraction of sp³-hybridized carbons (Fsp3) is 0.545. The zero-order chi connectivity index (χ0) is 19.1. The minimum absolute atomic E-state index is 0.0362. The van der Waals surface area contributed by atoms with Crippen LogP contribution in [0.25, 0.3) is 0 Å². The SMILES string of the molecule is COc1cccc(NC(=O)CCC2CCN(C(=O)C3=CCCCC3)CC2)c1. The molecule has 0 saturated carbocycles. The van der Waals surface area contributed by atoms with E-state index < -0.39 is 0 Å². The number of piperidine rings is 1. The van der Waals surface area contributed by atoms with Crippen LogP contribution in [0.15, 0.2) is 35.9 Å². The molecule has 1 fully saturated rings. The molecule has 3 rings (SSSR count). The number of hydrogen-bond donors (Lipinski definition) is 1. The van der Waals surface area contributed by atoms with Gasteiger partial charge in [-0.15, -0.1) is 0 Å². The third-order valence-electron chi connectivity index (χ3n) is 5.60. The first kappa shape index (κ1) is 19.5. The molecule has 1 N–H and O–H groups in total. The van der Waals surface area contributed by atoms with Gasteiger partial charge in [-0.25, -0.2) is 0 Å². The molecule has 1 aromatic rings. The van der Waals surface area contributed by atoms with Crippen molar-refractivity contribution in [3.63, 3.8) is 0 Å². The molecule has 1 aliphatic carbocycles. The lowest BCUT2D eigenvalue weighted by Gasteiger charge is -2.33. The molecule has 1 heterocycles. The number of nitrogens with one attached hydrogen (secondary N) is 1. The number of benzene rings is 1. The molecule has 0 atom stereocenters. The minimum atomic E-state index is 0.0362. The first-order valence-corrected chi connectivity index (χ1v) is 10.1. The quantitative estimate of drug-likeness (QED) is 0.818. The van der Waals surface area contributed by atoms with Crippen molar-refractivity contribution in [1.82, 2.24) is 4.90 Å². The lowest BCUT2D eigenvalue weighted by molar-refractivity contribution is -0.129. The first-order chi connectivity index (χ1) is 13.2. The topological polar surface area (TPSA) is 58.6 Å². The van der Waals surface area contributed by atoms with Crippen LogP contribution in [0.3, 0.4) is 0 Å². The average Bonchev–Trinajstić information content (AvgIpc) is 2.73. The van der Waals surface area contributed by atoms with E-state index in [1.165, 1.54) is 6.42 Å². The minimum Gasteiger partial charge on any atom is -0.497 e. The lowest BCUT2D eigenvalue weighted by atomic mass is 9.91. The van der Waals surface area contributed by atoms with Crippen molar-refractivity contribution in [2.45, 2.75) is 51.4 Å². The molecule has 1 aromatic carbocycles. The maximum absolute atomic E-state index is 12.6. The van der Waals surface area contributed by atoms with Gasteiger partial charge in [-0.1, -0.05) is 12.1 Å². The summed E-state index contributed by atoms with van der Waals surface area (Å²) in [6.45, 7) is 1.64. The third kappa shape index (κ3) is 5.59. The van der Waals surface area contributed by atoms with Crippen molar-refractivity contribution >= 4 is 17.5 Å². The Balaban J connectivity index is 1.39. The van der Waals surface area contributed by atoms with Gasteiger partial charge in [0.05, 0.1) is 7.11 Å². The van der Waals surface area contributed by atoms with E-state index in [2.05, 4.69) is 11.4 Å². The zero-order valence-electron chi connectivity index (χ0n) is 16.2. The molecule has 2 aliphatic rings. The van der Waals surface area contributed by atoms with E-state index in [9.17, 15) is 9.59 Å². The maximum atomic E-state index is 12.6. The van der Waals surface area contributed by atoms with Crippen LogP contribution in [0.5, 0.6) is 5.75 Å². The summed E-state index contributed by atoms with van der Waals surface area (Å²) in [7, 11) is 1.61. The van der Waals surface area contributed by atoms with E-state index in [-0.39, 0.29) is 11.8 Å². The van der Waals surface area contributed by atoms with Gasteiger partial charge in [-0.2, -0.15) is 0 Å². The molecule has 5 heteroatoms. The van der Waals surface area contributed by atoms with Gasteiger partial charge in [0, 0.05) is 36.8 Å². The van der Waals surface area contributed by atoms with Gasteiger partial charge >= 0.3 is 0 Å². The van der Waals surface area contributed by atoms with Crippen LogP contribution in [0.4, 0.5) is 5.69 Å². The number of nitrogens with zero attached hydrogens (tertiary/aromatic N) is 1. The highest BCUT2D eigenvalue weighted by Crippen LogP contribution is 2.26. The third-order valence-corrected chi connectivity index (χ3v) is 5.60. The van der Waals surface area contributed by atoms with Crippen LogP contribution in [-0.4, -0.2) is 36.9 Å². The monoisotopic (exact) mass is 370 g/mol. The number of methoxy groups -OCH3 is 1. The molecule has 0 bridgehead atoms. The van der Waals surface area contributed by atoms with Crippen molar-refractivity contribution < 1.29 is 14.3 Å². The summed E-state index contributed by atoms with van der Waals surface area (Å²) in [5, 5.41) is 2.94. The Hall–Kier alpha value is -2.30. The van der Waals surface area contributed by atoms with Gasteiger partial charge in [0.1, 0.15) is 5.75 Å². The number of likely N-dealkylation sites (tertiary alicyclic amines) is 1. The zero-order valence-corrected chi connectivity index (χ0v) is 16.2. The smallest absolute Gasteiger partial charge is 0.249 e. The van der Waals surface area contributed by atoms with Crippen LogP contribution in [0.2, 0.25) is 0 Å². The number of hydrogen-bond acceptors (Lipinski definition) is 3. The van der Waals surface area contributed by atoms with E-state index in [0.29, 0.717) is 12.3 Å². The number of carbonyl (C=O) groups is 2. The van der Waals surface area contributed by atoms with E-state index in [1.807, 2.05) is 29.2 Å². The summed E-state index contributed by atoms with van der Waals surface area (Å²) in [5.41, 5.74) is 1.78. The Morgan fingerprint density at radius 3 is 2.74 bits per heavy atom. The van der Waals surface area contributed by atoms with Gasteiger partial charge in [0.2, 0.25) is 11.8 Å². The Bertz CT molecular complexity index is 691. The van der Waals surface area contributed by atoms with E-state index in [4.69, 9.17) is 4.74 Å². The van der Waals surface area contributed by atoms with Gasteiger partial charge in [-0.05, 0) is 63.0 Å². The van der Waals surface area contributed by atoms with Crippen LogP contribution in [0.1, 0.15) is 51.4 Å². The van der Waals surface area contributed by atoms with Crippen molar-refractivity contribution in [2.75, 3.05) is 25.5 Å². The summed E-state index contributed by atoms with van der Waals surface area (Å²) < 4.78 is 5.18.